The quantitative estimate of drug-likeness (QED) is 0.854. The molecule has 17 heavy (non-hydrogen) atoms. The van der Waals surface area contributed by atoms with E-state index in [1.54, 1.807) is 0 Å². The van der Waals surface area contributed by atoms with E-state index >= 15 is 0 Å². The predicted octanol–water partition coefficient (Wildman–Crippen LogP) is 2.86. The van der Waals surface area contributed by atoms with Gasteiger partial charge in [-0.05, 0) is 43.9 Å². The highest BCUT2D eigenvalue weighted by Gasteiger charge is 2.29. The van der Waals surface area contributed by atoms with Crippen molar-refractivity contribution in [1.29, 1.82) is 0 Å². The molecule has 3 atom stereocenters. The van der Waals surface area contributed by atoms with E-state index in [1.165, 1.54) is 19.3 Å². The van der Waals surface area contributed by atoms with Gasteiger partial charge >= 0.3 is 0 Å². The second-order valence-corrected chi connectivity index (χ2v) is 5.79. The first-order valence-corrected chi connectivity index (χ1v) is 6.60. The third-order valence-electron chi connectivity index (χ3n) is 3.87. The summed E-state index contributed by atoms with van der Waals surface area (Å²) in [5, 5.41) is 0. The van der Waals surface area contributed by atoms with Gasteiger partial charge in [0.25, 0.3) is 0 Å². The highest BCUT2D eigenvalue weighted by Crippen LogP contribution is 2.38. The monoisotopic (exact) mass is 233 g/mol. The maximum atomic E-state index is 6.34. The normalized spacial score (nSPS) is 31.2. The van der Waals surface area contributed by atoms with Gasteiger partial charge in [-0.1, -0.05) is 13.8 Å². The van der Waals surface area contributed by atoms with Crippen LogP contribution in [0.2, 0.25) is 0 Å². The van der Waals surface area contributed by atoms with Crippen molar-refractivity contribution in [2.45, 2.75) is 46.1 Å². The first kappa shape index (κ1) is 12.5. The van der Waals surface area contributed by atoms with E-state index in [-0.39, 0.29) is 6.04 Å². The number of nitrogens with two attached hydrogens (primary N) is 1. The van der Waals surface area contributed by atoms with Crippen molar-refractivity contribution in [3.8, 4) is 0 Å². The van der Waals surface area contributed by atoms with Gasteiger partial charge in [-0.3, -0.25) is 9.97 Å². The van der Waals surface area contributed by atoms with Crippen molar-refractivity contribution in [3.63, 3.8) is 0 Å². The Bertz CT molecular complexity index is 350. The maximum Gasteiger partial charge on any atom is 0.0756 e. The summed E-state index contributed by atoms with van der Waals surface area (Å²) in [5.41, 5.74) is 8.24. The van der Waals surface area contributed by atoms with E-state index in [9.17, 15) is 0 Å². The molecule has 3 unspecified atom stereocenters. The molecule has 1 aliphatic carbocycles. The van der Waals surface area contributed by atoms with E-state index in [2.05, 4.69) is 23.8 Å². The summed E-state index contributed by atoms with van der Waals surface area (Å²) in [4.78, 5) is 8.71. The Balaban J connectivity index is 2.08. The fourth-order valence-electron chi connectivity index (χ4n) is 3.12. The molecule has 1 fully saturated rings. The summed E-state index contributed by atoms with van der Waals surface area (Å²) in [7, 11) is 0. The van der Waals surface area contributed by atoms with Crippen molar-refractivity contribution >= 4 is 0 Å². The highest BCUT2D eigenvalue weighted by atomic mass is 14.8. The second kappa shape index (κ2) is 5.13. The molecular formula is C14H23N3. The van der Waals surface area contributed by atoms with E-state index in [0.29, 0.717) is 5.92 Å². The lowest BCUT2D eigenvalue weighted by molar-refractivity contribution is 0.191. The van der Waals surface area contributed by atoms with Crippen molar-refractivity contribution in [2.24, 2.45) is 23.5 Å². The van der Waals surface area contributed by atoms with E-state index in [1.807, 2.05) is 19.3 Å². The van der Waals surface area contributed by atoms with Crippen LogP contribution in [-0.2, 0) is 0 Å². The van der Waals surface area contributed by atoms with Gasteiger partial charge in [-0.25, -0.2) is 0 Å². The average molecular weight is 233 g/mol. The van der Waals surface area contributed by atoms with Crippen LogP contribution in [0.4, 0.5) is 0 Å². The topological polar surface area (TPSA) is 51.8 Å². The fourth-order valence-corrected chi connectivity index (χ4v) is 3.12. The smallest absolute Gasteiger partial charge is 0.0756 e. The minimum absolute atomic E-state index is 0.0494. The van der Waals surface area contributed by atoms with Gasteiger partial charge in [0.05, 0.1) is 23.6 Å². The summed E-state index contributed by atoms with van der Waals surface area (Å²) in [6, 6.07) is 0.0494. The van der Waals surface area contributed by atoms with Crippen LogP contribution in [0.1, 0.15) is 50.5 Å². The highest BCUT2D eigenvalue weighted by molar-refractivity contribution is 5.07. The maximum absolute atomic E-state index is 6.34. The van der Waals surface area contributed by atoms with Gasteiger partial charge < -0.3 is 5.73 Å². The lowest BCUT2D eigenvalue weighted by atomic mass is 9.73. The van der Waals surface area contributed by atoms with Crippen LogP contribution in [-0.4, -0.2) is 9.97 Å². The van der Waals surface area contributed by atoms with Crippen LogP contribution in [0.25, 0.3) is 0 Å². The first-order chi connectivity index (χ1) is 8.06. The Kier molecular flexibility index (Phi) is 3.77. The van der Waals surface area contributed by atoms with Crippen LogP contribution >= 0.6 is 0 Å². The zero-order valence-corrected chi connectivity index (χ0v) is 11.1. The van der Waals surface area contributed by atoms with Crippen molar-refractivity contribution in [2.75, 3.05) is 0 Å². The van der Waals surface area contributed by atoms with Gasteiger partial charge in [0, 0.05) is 6.20 Å². The molecule has 0 spiro atoms. The summed E-state index contributed by atoms with van der Waals surface area (Å²) in [5.74, 6) is 2.13. The minimum Gasteiger partial charge on any atom is -0.322 e. The number of hydrogen-bond donors (Lipinski definition) is 1. The first-order valence-electron chi connectivity index (χ1n) is 6.60. The number of rotatable bonds is 2. The van der Waals surface area contributed by atoms with Crippen molar-refractivity contribution < 1.29 is 0 Å². The van der Waals surface area contributed by atoms with Crippen molar-refractivity contribution in [3.05, 3.63) is 23.8 Å². The molecule has 0 amide bonds. The standard InChI is InChI=1S/C14H23N3/c1-9-4-10(2)6-12(5-9)14(15)13-8-16-11(3)7-17-13/h7-10,12,14H,4-6,15H2,1-3H3. The molecule has 0 aromatic carbocycles. The van der Waals surface area contributed by atoms with Gasteiger partial charge in [0.1, 0.15) is 0 Å². The van der Waals surface area contributed by atoms with Crippen molar-refractivity contribution in [1.82, 2.24) is 9.97 Å². The molecule has 2 rings (SSSR count). The molecule has 2 N–H and O–H groups in total. The zero-order chi connectivity index (χ0) is 12.4. The molecule has 1 aromatic heterocycles. The van der Waals surface area contributed by atoms with Gasteiger partial charge in [-0.2, -0.15) is 0 Å². The molecule has 94 valence electrons. The molecular weight excluding hydrogens is 210 g/mol. The van der Waals surface area contributed by atoms with Crippen LogP contribution in [0, 0.1) is 24.7 Å². The molecule has 3 nitrogen and oxygen atoms in total. The lowest BCUT2D eigenvalue weighted by Gasteiger charge is -2.34. The van der Waals surface area contributed by atoms with Crippen LogP contribution in [0.5, 0.6) is 0 Å². The molecule has 0 aliphatic heterocycles. The van der Waals surface area contributed by atoms with Gasteiger partial charge in [0.2, 0.25) is 0 Å². The zero-order valence-electron chi connectivity index (χ0n) is 11.1. The Hall–Kier alpha value is -0.960. The minimum atomic E-state index is 0.0494. The summed E-state index contributed by atoms with van der Waals surface area (Å²) in [6.07, 6.45) is 7.43. The van der Waals surface area contributed by atoms with Gasteiger partial charge in [0.15, 0.2) is 0 Å². The van der Waals surface area contributed by atoms with Crippen LogP contribution in [0.15, 0.2) is 12.4 Å². The Morgan fingerprint density at radius 3 is 2.29 bits per heavy atom. The molecule has 1 saturated carbocycles. The molecule has 3 heteroatoms. The fraction of sp³-hybridized carbons (Fsp3) is 0.714. The average Bonchev–Trinajstić information content (AvgIpc) is 2.28. The van der Waals surface area contributed by atoms with Crippen LogP contribution < -0.4 is 5.73 Å². The largest absolute Gasteiger partial charge is 0.322 e. The molecule has 1 aromatic rings. The number of aromatic nitrogens is 2. The van der Waals surface area contributed by atoms with E-state index < -0.39 is 0 Å². The van der Waals surface area contributed by atoms with Crippen LogP contribution in [0.3, 0.4) is 0 Å². The van der Waals surface area contributed by atoms with E-state index in [0.717, 1.165) is 23.2 Å². The molecule has 1 heterocycles. The summed E-state index contributed by atoms with van der Waals surface area (Å²) >= 11 is 0. The van der Waals surface area contributed by atoms with Gasteiger partial charge in [-0.15, -0.1) is 0 Å². The number of nitrogens with zero attached hydrogens (tertiary/aromatic N) is 2. The molecule has 1 aliphatic rings. The molecule has 0 bridgehead atoms. The van der Waals surface area contributed by atoms with E-state index in [4.69, 9.17) is 5.73 Å². The lowest BCUT2D eigenvalue weighted by Crippen LogP contribution is -2.30. The molecule has 0 saturated heterocycles. The number of hydrogen-bond acceptors (Lipinski definition) is 3. The Morgan fingerprint density at radius 1 is 1.12 bits per heavy atom. The summed E-state index contributed by atoms with van der Waals surface area (Å²) in [6.45, 7) is 6.61. The Labute approximate surface area is 104 Å². The third kappa shape index (κ3) is 3.03. The SMILES string of the molecule is Cc1cnc(C(N)C2CC(C)CC(C)C2)cn1. The molecule has 0 radical (unpaired) electrons. The Morgan fingerprint density at radius 2 is 1.76 bits per heavy atom. The predicted molar refractivity (Wildman–Crippen MR) is 69.4 cm³/mol. The second-order valence-electron chi connectivity index (χ2n) is 5.79. The summed E-state index contributed by atoms with van der Waals surface area (Å²) < 4.78 is 0. The number of aryl methyl sites for hydroxylation is 1. The third-order valence-corrected chi connectivity index (χ3v) is 3.87.